The van der Waals surface area contributed by atoms with Crippen LogP contribution in [0.4, 0.5) is 5.13 Å². The monoisotopic (exact) mass is 265 g/mol. The van der Waals surface area contributed by atoms with Crippen molar-refractivity contribution < 1.29 is 4.79 Å². The summed E-state index contributed by atoms with van der Waals surface area (Å²) in [6.07, 6.45) is 7.43. The number of nitrogens with zero attached hydrogens (tertiary/aromatic N) is 1. The third-order valence-electron chi connectivity index (χ3n) is 3.92. The summed E-state index contributed by atoms with van der Waals surface area (Å²) in [5.41, 5.74) is 1.18. The molecule has 1 aromatic heterocycles. The number of rotatable bonds is 3. The van der Waals surface area contributed by atoms with E-state index in [1.807, 2.05) is 0 Å². The second-order valence-corrected chi connectivity index (χ2v) is 6.06. The largest absolute Gasteiger partial charge is 0.306 e. The van der Waals surface area contributed by atoms with E-state index in [-0.39, 0.29) is 11.9 Å². The fourth-order valence-electron chi connectivity index (χ4n) is 2.63. The van der Waals surface area contributed by atoms with E-state index in [0.29, 0.717) is 5.92 Å². The average Bonchev–Trinajstić information content (AvgIpc) is 2.76. The first-order valence-corrected chi connectivity index (χ1v) is 7.70. The maximum absolute atomic E-state index is 11.8. The Morgan fingerprint density at radius 3 is 2.78 bits per heavy atom. The van der Waals surface area contributed by atoms with Gasteiger partial charge in [-0.1, -0.05) is 19.3 Å². The van der Waals surface area contributed by atoms with Crippen LogP contribution in [0, 0.1) is 0 Å². The molecule has 1 aromatic rings. The predicted octanol–water partition coefficient (Wildman–Crippen LogP) is 2.49. The van der Waals surface area contributed by atoms with Crippen LogP contribution in [0.3, 0.4) is 0 Å². The molecule has 2 aliphatic rings. The maximum Gasteiger partial charge on any atom is 0.243 e. The van der Waals surface area contributed by atoms with Gasteiger partial charge in [-0.2, -0.15) is 0 Å². The molecule has 1 saturated heterocycles. The minimum absolute atomic E-state index is 0.00738. The van der Waals surface area contributed by atoms with E-state index >= 15 is 0 Å². The van der Waals surface area contributed by atoms with Gasteiger partial charge >= 0.3 is 0 Å². The smallest absolute Gasteiger partial charge is 0.243 e. The predicted molar refractivity (Wildman–Crippen MR) is 73.0 cm³/mol. The number of amides is 1. The van der Waals surface area contributed by atoms with Crippen LogP contribution in [0.15, 0.2) is 5.38 Å². The molecular formula is C13H19N3OS. The van der Waals surface area contributed by atoms with Crippen molar-refractivity contribution in [3.8, 4) is 0 Å². The number of hydrogen-bond acceptors (Lipinski definition) is 4. The lowest BCUT2D eigenvalue weighted by atomic mass is 9.87. The van der Waals surface area contributed by atoms with Crippen LogP contribution < -0.4 is 10.6 Å². The fraction of sp³-hybridized carbons (Fsp3) is 0.692. The van der Waals surface area contributed by atoms with Crippen molar-refractivity contribution in [2.75, 3.05) is 11.9 Å². The van der Waals surface area contributed by atoms with Gasteiger partial charge in [0.1, 0.15) is 0 Å². The van der Waals surface area contributed by atoms with Gasteiger partial charge in [-0.05, 0) is 25.8 Å². The van der Waals surface area contributed by atoms with Crippen LogP contribution >= 0.6 is 11.3 Å². The normalized spacial score (nSPS) is 24.6. The van der Waals surface area contributed by atoms with Crippen molar-refractivity contribution in [1.29, 1.82) is 0 Å². The molecule has 18 heavy (non-hydrogen) atoms. The minimum atomic E-state index is -0.00738. The number of thiazole rings is 1. The molecule has 1 aliphatic heterocycles. The van der Waals surface area contributed by atoms with Crippen molar-refractivity contribution in [3.63, 3.8) is 0 Å². The van der Waals surface area contributed by atoms with Crippen molar-refractivity contribution in [1.82, 2.24) is 10.3 Å². The summed E-state index contributed by atoms with van der Waals surface area (Å²) >= 11 is 1.55. The summed E-state index contributed by atoms with van der Waals surface area (Å²) in [7, 11) is 0. The first-order chi connectivity index (χ1) is 8.83. The lowest BCUT2D eigenvalue weighted by molar-refractivity contribution is -0.119. The quantitative estimate of drug-likeness (QED) is 0.883. The average molecular weight is 265 g/mol. The van der Waals surface area contributed by atoms with E-state index in [4.69, 9.17) is 0 Å². The fourth-order valence-corrected chi connectivity index (χ4v) is 3.43. The molecule has 2 heterocycles. The Balaban J connectivity index is 1.60. The van der Waals surface area contributed by atoms with E-state index in [1.165, 1.54) is 37.8 Å². The van der Waals surface area contributed by atoms with Crippen LogP contribution in [-0.4, -0.2) is 23.5 Å². The Hall–Kier alpha value is -0.940. The highest BCUT2D eigenvalue weighted by molar-refractivity contribution is 7.13. The Morgan fingerprint density at radius 1 is 1.33 bits per heavy atom. The van der Waals surface area contributed by atoms with Crippen LogP contribution in [0.25, 0.3) is 0 Å². The van der Waals surface area contributed by atoms with Crippen molar-refractivity contribution in [3.05, 3.63) is 11.1 Å². The van der Waals surface area contributed by atoms with Gasteiger partial charge in [0, 0.05) is 11.3 Å². The molecule has 5 heteroatoms. The SMILES string of the molecule is O=C(Nc1nc(C2CCCCC2)cs1)[C@@H]1CCN1. The third-order valence-corrected chi connectivity index (χ3v) is 4.69. The van der Waals surface area contributed by atoms with Crippen molar-refractivity contribution in [2.45, 2.75) is 50.5 Å². The van der Waals surface area contributed by atoms with Crippen molar-refractivity contribution >= 4 is 22.4 Å². The molecule has 0 bridgehead atoms. The molecule has 0 spiro atoms. The van der Waals surface area contributed by atoms with Crippen LogP contribution in [-0.2, 0) is 4.79 Å². The van der Waals surface area contributed by atoms with E-state index in [1.54, 1.807) is 11.3 Å². The molecule has 3 rings (SSSR count). The van der Waals surface area contributed by atoms with Gasteiger partial charge in [0.15, 0.2) is 5.13 Å². The molecule has 0 unspecified atom stereocenters. The van der Waals surface area contributed by atoms with Crippen LogP contribution in [0.2, 0.25) is 0 Å². The zero-order valence-electron chi connectivity index (χ0n) is 10.4. The van der Waals surface area contributed by atoms with Gasteiger partial charge in [-0.3, -0.25) is 4.79 Å². The Bertz CT molecular complexity index is 422. The Morgan fingerprint density at radius 2 is 2.11 bits per heavy atom. The third kappa shape index (κ3) is 2.57. The highest BCUT2D eigenvalue weighted by Crippen LogP contribution is 2.34. The van der Waals surface area contributed by atoms with Gasteiger partial charge < -0.3 is 10.6 Å². The Kier molecular flexibility index (Phi) is 3.61. The van der Waals surface area contributed by atoms with Gasteiger partial charge in [0.05, 0.1) is 11.7 Å². The molecular weight excluding hydrogens is 246 g/mol. The molecule has 2 fully saturated rings. The van der Waals surface area contributed by atoms with Gasteiger partial charge in [-0.15, -0.1) is 11.3 Å². The molecule has 2 N–H and O–H groups in total. The number of hydrogen-bond donors (Lipinski definition) is 2. The maximum atomic E-state index is 11.8. The molecule has 1 saturated carbocycles. The van der Waals surface area contributed by atoms with E-state index in [0.717, 1.165) is 18.1 Å². The molecule has 1 aliphatic carbocycles. The second kappa shape index (κ2) is 5.36. The van der Waals surface area contributed by atoms with E-state index in [9.17, 15) is 4.79 Å². The number of carbonyl (C=O) groups excluding carboxylic acids is 1. The first kappa shape index (κ1) is 12.1. The van der Waals surface area contributed by atoms with Crippen molar-refractivity contribution in [2.24, 2.45) is 0 Å². The van der Waals surface area contributed by atoms with E-state index < -0.39 is 0 Å². The highest BCUT2D eigenvalue weighted by atomic mass is 32.1. The minimum Gasteiger partial charge on any atom is -0.306 e. The lowest BCUT2D eigenvalue weighted by Gasteiger charge is -2.25. The summed E-state index contributed by atoms with van der Waals surface area (Å²) in [6, 6.07) is -0.00738. The molecule has 0 aromatic carbocycles. The van der Waals surface area contributed by atoms with Crippen LogP contribution in [0.5, 0.6) is 0 Å². The molecule has 98 valence electrons. The highest BCUT2D eigenvalue weighted by Gasteiger charge is 2.25. The number of nitrogens with one attached hydrogen (secondary N) is 2. The zero-order chi connectivity index (χ0) is 12.4. The zero-order valence-corrected chi connectivity index (χ0v) is 11.3. The first-order valence-electron chi connectivity index (χ1n) is 6.82. The molecule has 0 radical (unpaired) electrons. The number of aromatic nitrogens is 1. The lowest BCUT2D eigenvalue weighted by Crippen LogP contribution is -2.50. The van der Waals surface area contributed by atoms with Gasteiger partial charge in [0.2, 0.25) is 5.91 Å². The number of carbonyl (C=O) groups is 1. The van der Waals surface area contributed by atoms with E-state index in [2.05, 4.69) is 21.0 Å². The Labute approximate surface area is 111 Å². The molecule has 4 nitrogen and oxygen atoms in total. The molecule has 1 atom stereocenters. The summed E-state index contributed by atoms with van der Waals surface area (Å²) in [5, 5.41) is 8.88. The van der Waals surface area contributed by atoms with Gasteiger partial charge in [-0.25, -0.2) is 4.98 Å². The topological polar surface area (TPSA) is 54.0 Å². The van der Waals surface area contributed by atoms with Crippen LogP contribution in [0.1, 0.15) is 50.1 Å². The summed E-state index contributed by atoms with van der Waals surface area (Å²) in [6.45, 7) is 0.948. The summed E-state index contributed by atoms with van der Waals surface area (Å²) in [4.78, 5) is 16.3. The van der Waals surface area contributed by atoms with Gasteiger partial charge in [0.25, 0.3) is 0 Å². The summed E-state index contributed by atoms with van der Waals surface area (Å²) in [5.74, 6) is 0.674. The molecule has 1 amide bonds. The summed E-state index contributed by atoms with van der Waals surface area (Å²) < 4.78 is 0. The standard InChI is InChI=1S/C13H19N3OS/c17-12(10-6-7-14-10)16-13-15-11(8-18-13)9-4-2-1-3-5-9/h8-10,14H,1-7H2,(H,15,16,17)/t10-/m0/s1. The second-order valence-electron chi connectivity index (χ2n) is 5.20. The number of anilines is 1.